The van der Waals surface area contributed by atoms with Gasteiger partial charge in [0, 0.05) is 10.9 Å². The predicted molar refractivity (Wildman–Crippen MR) is 123 cm³/mol. The lowest BCUT2D eigenvalue weighted by Gasteiger charge is -2.24. The second-order valence-corrected chi connectivity index (χ2v) is 9.43. The van der Waals surface area contributed by atoms with Crippen molar-refractivity contribution in [1.29, 1.82) is 0 Å². The van der Waals surface area contributed by atoms with Crippen LogP contribution in [0.15, 0.2) is 50.7 Å². The van der Waals surface area contributed by atoms with Crippen molar-refractivity contribution in [2.24, 2.45) is 4.99 Å². The molecule has 0 radical (unpaired) electrons. The highest BCUT2D eigenvalue weighted by Crippen LogP contribution is 2.34. The number of carbonyl (C=O) groups is 1. The van der Waals surface area contributed by atoms with Gasteiger partial charge in [-0.05, 0) is 48.6 Å². The van der Waals surface area contributed by atoms with Crippen LogP contribution in [0.25, 0.3) is 6.08 Å². The van der Waals surface area contributed by atoms with Gasteiger partial charge in [-0.25, -0.2) is 9.79 Å². The summed E-state index contributed by atoms with van der Waals surface area (Å²) in [6.07, 6.45) is 1.78. The van der Waals surface area contributed by atoms with E-state index in [0.717, 1.165) is 10.4 Å². The van der Waals surface area contributed by atoms with Crippen molar-refractivity contribution in [2.45, 2.75) is 19.9 Å². The molecule has 164 valence electrons. The van der Waals surface area contributed by atoms with Crippen molar-refractivity contribution < 1.29 is 14.5 Å². The normalized spacial score (nSPS) is 16.0. The van der Waals surface area contributed by atoms with E-state index in [1.54, 1.807) is 19.1 Å². The quantitative estimate of drug-likeness (QED) is 0.317. The summed E-state index contributed by atoms with van der Waals surface area (Å²) in [7, 11) is 1.23. The summed E-state index contributed by atoms with van der Waals surface area (Å²) in [5.41, 5.74) is 1.28. The van der Waals surface area contributed by atoms with Crippen LogP contribution in [-0.4, -0.2) is 22.6 Å². The maximum atomic E-state index is 13.4. The minimum atomic E-state index is -0.943. The van der Waals surface area contributed by atoms with Crippen molar-refractivity contribution in [3.05, 3.63) is 91.7 Å². The molecule has 0 spiro atoms. The molecule has 0 saturated heterocycles. The first-order chi connectivity index (χ1) is 15.2. The molecule has 1 atom stereocenters. The van der Waals surface area contributed by atoms with Crippen LogP contribution in [0.5, 0.6) is 0 Å². The number of benzene rings is 1. The fraction of sp³-hybridized carbons (Fsp3) is 0.190. The highest BCUT2D eigenvalue weighted by Gasteiger charge is 2.34. The van der Waals surface area contributed by atoms with E-state index >= 15 is 0 Å². The number of hydrogen-bond acceptors (Lipinski definition) is 8. The molecule has 1 aliphatic heterocycles. The Kier molecular flexibility index (Phi) is 5.85. The first-order valence-electron chi connectivity index (χ1n) is 9.31. The van der Waals surface area contributed by atoms with E-state index in [4.69, 9.17) is 16.3 Å². The average Bonchev–Trinajstić information content (AvgIpc) is 3.29. The molecule has 0 fully saturated rings. The van der Waals surface area contributed by atoms with Crippen LogP contribution in [-0.2, 0) is 9.53 Å². The van der Waals surface area contributed by atoms with Crippen molar-refractivity contribution in [1.82, 2.24) is 4.57 Å². The van der Waals surface area contributed by atoms with Crippen molar-refractivity contribution >= 4 is 52.0 Å². The van der Waals surface area contributed by atoms with Crippen molar-refractivity contribution in [3.8, 4) is 0 Å². The Morgan fingerprint density at radius 1 is 1.34 bits per heavy atom. The number of halogens is 1. The Morgan fingerprint density at radius 2 is 2.09 bits per heavy atom. The SMILES string of the molecule is COC(=O)C1=C(C)N=c2sc(=Cc3cc(C)cs3)c(=O)n2C1c1ccc(Cl)c([N+](=O)[O-])c1. The maximum Gasteiger partial charge on any atom is 0.338 e. The lowest BCUT2D eigenvalue weighted by Crippen LogP contribution is -2.39. The first-order valence-corrected chi connectivity index (χ1v) is 11.4. The van der Waals surface area contributed by atoms with Gasteiger partial charge in [0.1, 0.15) is 5.02 Å². The number of nitrogens with zero attached hydrogens (tertiary/aromatic N) is 3. The molecule has 0 saturated carbocycles. The highest BCUT2D eigenvalue weighted by atomic mass is 35.5. The fourth-order valence-corrected chi connectivity index (χ4v) is 5.63. The summed E-state index contributed by atoms with van der Waals surface area (Å²) >= 11 is 8.68. The van der Waals surface area contributed by atoms with Crippen LogP contribution in [0.3, 0.4) is 0 Å². The summed E-state index contributed by atoms with van der Waals surface area (Å²) in [6, 6.07) is 5.23. The average molecular weight is 490 g/mol. The zero-order valence-corrected chi connectivity index (χ0v) is 19.5. The largest absolute Gasteiger partial charge is 0.466 e. The third-order valence-corrected chi connectivity index (χ3v) is 7.23. The van der Waals surface area contributed by atoms with Crippen molar-refractivity contribution in [2.75, 3.05) is 7.11 Å². The number of aryl methyl sites for hydroxylation is 1. The van der Waals surface area contributed by atoms with Crippen LogP contribution < -0.4 is 14.9 Å². The number of aromatic nitrogens is 1. The number of nitro groups is 1. The summed E-state index contributed by atoms with van der Waals surface area (Å²) < 4.78 is 6.76. The van der Waals surface area contributed by atoms with E-state index < -0.39 is 16.9 Å². The number of hydrogen-bond donors (Lipinski definition) is 0. The van der Waals surface area contributed by atoms with Crippen LogP contribution in [0.4, 0.5) is 5.69 Å². The van der Waals surface area contributed by atoms with E-state index in [9.17, 15) is 19.7 Å². The molecule has 8 nitrogen and oxygen atoms in total. The molecule has 4 rings (SSSR count). The molecule has 0 N–H and O–H groups in total. The van der Waals surface area contributed by atoms with E-state index in [1.165, 1.54) is 46.5 Å². The Labute approximate surface area is 194 Å². The summed E-state index contributed by atoms with van der Waals surface area (Å²) in [5.74, 6) is -0.669. The molecule has 0 bridgehead atoms. The second-order valence-electron chi connectivity index (χ2n) is 7.07. The monoisotopic (exact) mass is 489 g/mol. The molecule has 1 unspecified atom stereocenters. The Bertz CT molecular complexity index is 1480. The molecule has 1 aliphatic rings. The highest BCUT2D eigenvalue weighted by molar-refractivity contribution is 7.11. The standard InChI is InChI=1S/C21H16ClN3O5S2/c1-10-6-13(31-9-10)8-16-19(26)24-18(12-4-5-14(22)15(7-12)25(28)29)17(20(27)30-3)11(2)23-21(24)32-16/h4-9,18H,1-3H3. The third-order valence-electron chi connectivity index (χ3n) is 4.93. The minimum Gasteiger partial charge on any atom is -0.466 e. The summed E-state index contributed by atoms with van der Waals surface area (Å²) in [5, 5.41) is 13.4. The molecular formula is C21H16ClN3O5S2. The third kappa shape index (κ3) is 3.81. The molecule has 0 amide bonds. The molecular weight excluding hydrogens is 474 g/mol. The van der Waals surface area contributed by atoms with Gasteiger partial charge in [-0.1, -0.05) is 29.0 Å². The summed E-state index contributed by atoms with van der Waals surface area (Å²) in [6.45, 7) is 3.61. The Balaban J connectivity index is 2.01. The fourth-order valence-electron chi connectivity index (χ4n) is 3.51. The van der Waals surface area contributed by atoms with Crippen LogP contribution in [0, 0.1) is 17.0 Å². The molecule has 2 aromatic heterocycles. The zero-order chi connectivity index (χ0) is 23.2. The molecule has 3 aromatic rings. The van der Waals surface area contributed by atoms with Gasteiger partial charge in [-0.2, -0.15) is 0 Å². The molecule has 11 heteroatoms. The zero-order valence-electron chi connectivity index (χ0n) is 17.1. The molecule has 1 aromatic carbocycles. The smallest absolute Gasteiger partial charge is 0.338 e. The van der Waals surface area contributed by atoms with Gasteiger partial charge in [0.15, 0.2) is 4.80 Å². The number of rotatable bonds is 4. The lowest BCUT2D eigenvalue weighted by atomic mass is 9.95. The Morgan fingerprint density at radius 3 is 2.72 bits per heavy atom. The molecule has 32 heavy (non-hydrogen) atoms. The number of methoxy groups -OCH3 is 1. The van der Waals surface area contributed by atoms with Gasteiger partial charge < -0.3 is 4.74 Å². The van der Waals surface area contributed by atoms with Gasteiger partial charge in [0.25, 0.3) is 11.2 Å². The van der Waals surface area contributed by atoms with Gasteiger partial charge in [-0.15, -0.1) is 11.3 Å². The first kappa shape index (κ1) is 22.1. The van der Waals surface area contributed by atoms with Crippen molar-refractivity contribution in [3.63, 3.8) is 0 Å². The van der Waals surface area contributed by atoms with E-state index in [1.807, 2.05) is 18.4 Å². The van der Waals surface area contributed by atoms with E-state index in [2.05, 4.69) is 4.99 Å². The van der Waals surface area contributed by atoms with Gasteiger partial charge in [0.2, 0.25) is 0 Å². The van der Waals surface area contributed by atoms with Gasteiger partial charge in [0.05, 0.1) is 33.9 Å². The van der Waals surface area contributed by atoms with Crippen LogP contribution in [0.1, 0.15) is 29.0 Å². The molecule has 0 aliphatic carbocycles. The van der Waals surface area contributed by atoms with E-state index in [-0.39, 0.29) is 21.8 Å². The predicted octanol–water partition coefficient (Wildman–Crippen LogP) is 3.34. The van der Waals surface area contributed by atoms with Gasteiger partial charge in [-0.3, -0.25) is 19.5 Å². The number of thiophene rings is 1. The number of fused-ring (bicyclic) bond motifs is 1. The number of allylic oxidation sites excluding steroid dienone is 1. The second kappa shape index (κ2) is 8.45. The maximum absolute atomic E-state index is 13.4. The number of ether oxygens (including phenoxy) is 1. The van der Waals surface area contributed by atoms with E-state index in [0.29, 0.717) is 20.6 Å². The van der Waals surface area contributed by atoms with Crippen LogP contribution >= 0.6 is 34.3 Å². The summed E-state index contributed by atoms with van der Waals surface area (Å²) in [4.78, 5) is 42.7. The number of esters is 1. The minimum absolute atomic E-state index is 0.0421. The Hall–Kier alpha value is -3.08. The number of nitro benzene ring substituents is 1. The van der Waals surface area contributed by atoms with Gasteiger partial charge >= 0.3 is 5.97 Å². The lowest BCUT2D eigenvalue weighted by molar-refractivity contribution is -0.384. The van der Waals surface area contributed by atoms with Crippen LogP contribution in [0.2, 0.25) is 5.02 Å². The number of thiazole rings is 1. The number of carbonyl (C=O) groups excluding carboxylic acids is 1. The topological polar surface area (TPSA) is 104 Å². The molecule has 3 heterocycles.